The molecule has 0 radical (unpaired) electrons. The minimum absolute atomic E-state index is 0.00486. The quantitative estimate of drug-likeness (QED) is 0.589. The molecule has 1 N–H and O–H groups in total. The molecular weight excluding hydrogens is 354 g/mol. The third-order valence-corrected chi connectivity index (χ3v) is 5.29. The highest BCUT2D eigenvalue weighted by Crippen LogP contribution is 2.24. The van der Waals surface area contributed by atoms with Gasteiger partial charge in [0.2, 0.25) is 5.91 Å². The highest BCUT2D eigenvalue weighted by atomic mass is 32.2. The fourth-order valence-electron chi connectivity index (χ4n) is 2.79. The van der Waals surface area contributed by atoms with Gasteiger partial charge in [-0.05, 0) is 42.3 Å². The Bertz CT molecular complexity index is 861. The van der Waals surface area contributed by atoms with E-state index in [1.54, 1.807) is 7.11 Å². The number of methoxy groups -OCH3 is 1. The number of amides is 1. The molecule has 0 aliphatic rings. The lowest BCUT2D eigenvalue weighted by molar-refractivity contribution is -0.119. The van der Waals surface area contributed by atoms with E-state index in [1.165, 1.54) is 17.3 Å². The first-order valence-electron chi connectivity index (χ1n) is 8.83. The number of benzene rings is 3. The van der Waals surface area contributed by atoms with Crippen LogP contribution >= 0.6 is 11.8 Å². The van der Waals surface area contributed by atoms with Crippen LogP contribution in [0, 0.1) is 6.92 Å². The average Bonchev–Trinajstić information content (AvgIpc) is 2.72. The maximum absolute atomic E-state index is 12.6. The topological polar surface area (TPSA) is 38.3 Å². The van der Waals surface area contributed by atoms with Crippen molar-refractivity contribution < 1.29 is 9.53 Å². The largest absolute Gasteiger partial charge is 0.497 e. The molecule has 0 aliphatic carbocycles. The van der Waals surface area contributed by atoms with Gasteiger partial charge in [-0.1, -0.05) is 60.2 Å². The molecule has 0 spiro atoms. The van der Waals surface area contributed by atoms with Gasteiger partial charge in [-0.2, -0.15) is 0 Å². The monoisotopic (exact) mass is 377 g/mol. The Kier molecular flexibility index (Phi) is 6.55. The molecule has 0 saturated heterocycles. The summed E-state index contributed by atoms with van der Waals surface area (Å²) in [6.45, 7) is 2.06. The number of hydrogen-bond acceptors (Lipinski definition) is 3. The van der Waals surface area contributed by atoms with Crippen molar-refractivity contribution in [2.75, 3.05) is 12.9 Å². The molecule has 0 fully saturated rings. The standard InChI is InChI=1S/C23H23NO2S/c1-17-8-10-19(11-9-17)23(18-6-4-3-5-7-18)24-22(25)16-27-21-14-12-20(26-2)13-15-21/h3-15,23H,16H2,1-2H3,(H,24,25). The van der Waals surface area contributed by atoms with Gasteiger partial charge < -0.3 is 10.1 Å². The summed E-state index contributed by atoms with van der Waals surface area (Å²) in [5, 5.41) is 3.18. The Morgan fingerprint density at radius 2 is 1.56 bits per heavy atom. The van der Waals surface area contributed by atoms with Gasteiger partial charge in [-0.25, -0.2) is 0 Å². The molecule has 0 aromatic heterocycles. The maximum Gasteiger partial charge on any atom is 0.231 e. The molecule has 3 aromatic rings. The number of carbonyl (C=O) groups excluding carboxylic acids is 1. The molecule has 1 unspecified atom stereocenters. The number of hydrogen-bond donors (Lipinski definition) is 1. The van der Waals surface area contributed by atoms with Crippen molar-refractivity contribution in [2.24, 2.45) is 0 Å². The van der Waals surface area contributed by atoms with Gasteiger partial charge in [-0.15, -0.1) is 11.8 Å². The van der Waals surface area contributed by atoms with Crippen molar-refractivity contribution in [3.8, 4) is 5.75 Å². The SMILES string of the molecule is COc1ccc(SCC(=O)NC(c2ccccc2)c2ccc(C)cc2)cc1. The summed E-state index contributed by atoms with van der Waals surface area (Å²) >= 11 is 1.51. The smallest absolute Gasteiger partial charge is 0.231 e. The molecule has 1 amide bonds. The third-order valence-electron chi connectivity index (χ3n) is 4.28. The summed E-state index contributed by atoms with van der Waals surface area (Å²) in [5.74, 6) is 1.18. The van der Waals surface area contributed by atoms with Gasteiger partial charge in [0, 0.05) is 4.90 Å². The zero-order chi connectivity index (χ0) is 19.1. The summed E-state index contributed by atoms with van der Waals surface area (Å²) in [6.07, 6.45) is 0. The van der Waals surface area contributed by atoms with Crippen LogP contribution in [0.4, 0.5) is 0 Å². The summed E-state index contributed by atoms with van der Waals surface area (Å²) in [7, 11) is 1.64. The third kappa shape index (κ3) is 5.38. The Hall–Kier alpha value is -2.72. The number of aryl methyl sites for hydroxylation is 1. The Morgan fingerprint density at radius 1 is 0.926 bits per heavy atom. The minimum Gasteiger partial charge on any atom is -0.497 e. The molecule has 4 heteroatoms. The second-order valence-corrected chi connectivity index (χ2v) is 7.33. The lowest BCUT2D eigenvalue weighted by Gasteiger charge is -2.20. The van der Waals surface area contributed by atoms with Crippen LogP contribution in [-0.2, 0) is 4.79 Å². The molecule has 3 nitrogen and oxygen atoms in total. The Morgan fingerprint density at radius 3 is 2.19 bits per heavy atom. The number of ether oxygens (including phenoxy) is 1. The van der Waals surface area contributed by atoms with Gasteiger partial charge in [0.25, 0.3) is 0 Å². The molecule has 0 aliphatic heterocycles. The van der Waals surface area contributed by atoms with Crippen molar-refractivity contribution in [1.29, 1.82) is 0 Å². The first-order valence-corrected chi connectivity index (χ1v) is 9.82. The highest BCUT2D eigenvalue weighted by molar-refractivity contribution is 8.00. The Balaban J connectivity index is 1.69. The van der Waals surface area contributed by atoms with E-state index in [0.717, 1.165) is 21.8 Å². The van der Waals surface area contributed by atoms with Crippen LogP contribution in [0.2, 0.25) is 0 Å². The summed E-state index contributed by atoms with van der Waals surface area (Å²) in [5.41, 5.74) is 3.35. The zero-order valence-corrected chi connectivity index (χ0v) is 16.3. The van der Waals surface area contributed by atoms with E-state index in [0.29, 0.717) is 5.75 Å². The van der Waals surface area contributed by atoms with Crippen molar-refractivity contribution in [3.63, 3.8) is 0 Å². The predicted octanol–water partition coefficient (Wildman–Crippen LogP) is 5.00. The summed E-state index contributed by atoms with van der Waals surface area (Å²) in [6, 6.07) is 25.9. The fourth-order valence-corrected chi connectivity index (χ4v) is 3.50. The van der Waals surface area contributed by atoms with Gasteiger partial charge >= 0.3 is 0 Å². The molecule has 0 bridgehead atoms. The van der Waals surface area contributed by atoms with E-state index in [2.05, 4.69) is 36.5 Å². The summed E-state index contributed by atoms with van der Waals surface area (Å²) in [4.78, 5) is 13.6. The van der Waals surface area contributed by atoms with Gasteiger partial charge in [0.1, 0.15) is 5.75 Å². The first kappa shape index (κ1) is 19.1. The van der Waals surface area contributed by atoms with Crippen molar-refractivity contribution in [1.82, 2.24) is 5.32 Å². The van der Waals surface area contributed by atoms with E-state index in [-0.39, 0.29) is 11.9 Å². The van der Waals surface area contributed by atoms with E-state index < -0.39 is 0 Å². The number of carbonyl (C=O) groups is 1. The molecule has 3 rings (SSSR count). The number of nitrogens with one attached hydrogen (secondary N) is 1. The molecule has 0 heterocycles. The minimum atomic E-state index is -0.157. The molecule has 0 saturated carbocycles. The number of rotatable bonds is 7. The second kappa shape index (κ2) is 9.28. The lowest BCUT2D eigenvalue weighted by Crippen LogP contribution is -2.30. The average molecular weight is 378 g/mol. The van der Waals surface area contributed by atoms with Crippen LogP contribution in [0.25, 0.3) is 0 Å². The highest BCUT2D eigenvalue weighted by Gasteiger charge is 2.16. The van der Waals surface area contributed by atoms with Crippen LogP contribution < -0.4 is 10.1 Å². The van der Waals surface area contributed by atoms with Crippen molar-refractivity contribution in [2.45, 2.75) is 17.9 Å². The van der Waals surface area contributed by atoms with Gasteiger partial charge in [-0.3, -0.25) is 4.79 Å². The fraction of sp³-hybridized carbons (Fsp3) is 0.174. The van der Waals surface area contributed by atoms with Crippen LogP contribution in [-0.4, -0.2) is 18.8 Å². The number of thioether (sulfide) groups is 1. The van der Waals surface area contributed by atoms with E-state index >= 15 is 0 Å². The molecular formula is C23H23NO2S. The van der Waals surface area contributed by atoms with Crippen LogP contribution in [0.5, 0.6) is 5.75 Å². The Labute approximate surface area is 164 Å². The van der Waals surface area contributed by atoms with Crippen molar-refractivity contribution >= 4 is 17.7 Å². The molecule has 1 atom stereocenters. The van der Waals surface area contributed by atoms with Gasteiger partial charge in [0.05, 0.1) is 18.9 Å². The predicted molar refractivity (Wildman–Crippen MR) is 111 cm³/mol. The maximum atomic E-state index is 12.6. The lowest BCUT2D eigenvalue weighted by atomic mass is 9.98. The van der Waals surface area contributed by atoms with Crippen LogP contribution in [0.3, 0.4) is 0 Å². The molecule has 138 valence electrons. The zero-order valence-electron chi connectivity index (χ0n) is 15.5. The van der Waals surface area contributed by atoms with Crippen LogP contribution in [0.1, 0.15) is 22.7 Å². The van der Waals surface area contributed by atoms with Gasteiger partial charge in [0.15, 0.2) is 0 Å². The normalized spacial score (nSPS) is 11.6. The van der Waals surface area contributed by atoms with E-state index in [4.69, 9.17) is 4.74 Å². The molecule has 27 heavy (non-hydrogen) atoms. The first-order chi connectivity index (χ1) is 13.2. The van der Waals surface area contributed by atoms with Crippen molar-refractivity contribution in [3.05, 3.63) is 95.6 Å². The second-order valence-electron chi connectivity index (χ2n) is 6.29. The van der Waals surface area contributed by atoms with E-state index in [1.807, 2.05) is 54.6 Å². The molecule has 3 aromatic carbocycles. The van der Waals surface area contributed by atoms with E-state index in [9.17, 15) is 4.79 Å². The summed E-state index contributed by atoms with van der Waals surface area (Å²) < 4.78 is 5.17. The van der Waals surface area contributed by atoms with Crippen LogP contribution in [0.15, 0.2) is 83.8 Å².